The van der Waals surface area contributed by atoms with Crippen LogP contribution in [-0.4, -0.2) is 55.4 Å². The second-order valence-corrected chi connectivity index (χ2v) is 7.59. The Hall–Kier alpha value is -3.21. The number of carbonyl (C=O) groups is 1. The molecule has 4 rings (SSSR count). The molecule has 34 heavy (non-hydrogen) atoms. The molecule has 9 nitrogen and oxygen atoms in total. The quantitative estimate of drug-likeness (QED) is 0.579. The number of hydrogen-bond donors (Lipinski definition) is 2. The van der Waals surface area contributed by atoms with E-state index in [4.69, 9.17) is 5.11 Å². The number of amides is 1. The molecule has 0 unspecified atom stereocenters. The second-order valence-electron chi connectivity index (χ2n) is 7.59. The third kappa shape index (κ3) is 6.43. The van der Waals surface area contributed by atoms with Crippen LogP contribution >= 0.6 is 0 Å². The molecule has 3 aromatic heterocycles. The lowest BCUT2D eigenvalue weighted by Gasteiger charge is -2.14. The van der Waals surface area contributed by atoms with Gasteiger partial charge in [0.1, 0.15) is 5.82 Å². The zero-order chi connectivity index (χ0) is 25.5. The van der Waals surface area contributed by atoms with Crippen molar-refractivity contribution in [3.63, 3.8) is 0 Å². The van der Waals surface area contributed by atoms with Crippen LogP contribution in [0.3, 0.4) is 0 Å². The highest BCUT2D eigenvalue weighted by Crippen LogP contribution is 2.32. The molecule has 186 valence electrons. The maximum Gasteiger partial charge on any atom is 0.303 e. The van der Waals surface area contributed by atoms with Gasteiger partial charge in [-0.15, -0.1) is 5.10 Å². The van der Waals surface area contributed by atoms with E-state index in [1.807, 2.05) is 13.8 Å². The van der Waals surface area contributed by atoms with Crippen LogP contribution in [0, 0.1) is 6.92 Å². The summed E-state index contributed by atoms with van der Waals surface area (Å²) >= 11 is 0. The number of fused-ring (bicyclic) bond motifs is 1. The van der Waals surface area contributed by atoms with Crippen LogP contribution in [0.5, 0.6) is 0 Å². The molecular formula is C23H33F2N7O2. The first-order valence-electron chi connectivity index (χ1n) is 11.4. The molecule has 11 heteroatoms. The van der Waals surface area contributed by atoms with Gasteiger partial charge in [-0.05, 0) is 26.7 Å². The van der Waals surface area contributed by atoms with Gasteiger partial charge in [0.2, 0.25) is 11.7 Å². The molecule has 1 saturated heterocycles. The Balaban J connectivity index is 0.000000758. The van der Waals surface area contributed by atoms with Gasteiger partial charge in [0.05, 0.1) is 10.9 Å². The fourth-order valence-corrected chi connectivity index (χ4v) is 3.44. The number of halogens is 2. The lowest BCUT2D eigenvalue weighted by Crippen LogP contribution is -2.19. The monoisotopic (exact) mass is 477 g/mol. The summed E-state index contributed by atoms with van der Waals surface area (Å²) in [6.07, 6.45) is 3.76. The van der Waals surface area contributed by atoms with Gasteiger partial charge in [-0.1, -0.05) is 13.8 Å². The molecule has 0 radical (unpaired) electrons. The number of rotatable bonds is 4. The minimum absolute atomic E-state index is 0.240. The summed E-state index contributed by atoms with van der Waals surface area (Å²) in [6.45, 7) is 11.4. The summed E-state index contributed by atoms with van der Waals surface area (Å²) in [5, 5.41) is 15.7. The van der Waals surface area contributed by atoms with Crippen molar-refractivity contribution in [2.45, 2.75) is 60.3 Å². The molecule has 0 aromatic carbocycles. The van der Waals surface area contributed by atoms with Gasteiger partial charge >= 0.3 is 5.92 Å². The average Bonchev–Trinajstić information content (AvgIpc) is 3.42. The van der Waals surface area contributed by atoms with Crippen LogP contribution in [0.1, 0.15) is 59.0 Å². The summed E-state index contributed by atoms with van der Waals surface area (Å²) in [4.78, 5) is 25.8. The van der Waals surface area contributed by atoms with Crippen LogP contribution in [0.15, 0.2) is 18.3 Å². The van der Waals surface area contributed by atoms with Gasteiger partial charge in [-0.25, -0.2) is 19.6 Å². The summed E-state index contributed by atoms with van der Waals surface area (Å²) in [7, 11) is 0. The Morgan fingerprint density at radius 3 is 2.38 bits per heavy atom. The lowest BCUT2D eigenvalue weighted by molar-refractivity contribution is -0.114. The Bertz CT molecular complexity index is 1110. The number of hydrogen-bond acceptors (Lipinski definition) is 7. The van der Waals surface area contributed by atoms with Crippen molar-refractivity contribution in [2.75, 3.05) is 29.9 Å². The van der Waals surface area contributed by atoms with E-state index in [2.05, 4.69) is 30.3 Å². The van der Waals surface area contributed by atoms with Crippen LogP contribution < -0.4 is 10.2 Å². The van der Waals surface area contributed by atoms with Crippen LogP contribution in [0.25, 0.3) is 16.7 Å². The van der Waals surface area contributed by atoms with Gasteiger partial charge in [0.25, 0.3) is 0 Å². The molecule has 0 atom stereocenters. The molecule has 3 aromatic rings. The predicted molar refractivity (Wildman–Crippen MR) is 129 cm³/mol. The molecule has 4 heterocycles. The Labute approximate surface area is 198 Å². The number of alkyl halides is 2. The maximum absolute atomic E-state index is 13.9. The smallest absolute Gasteiger partial charge is 0.303 e. The number of pyridine rings is 1. The molecule has 1 fully saturated rings. The number of anilines is 2. The number of carbonyl (C=O) groups excluding carboxylic acids is 1. The lowest BCUT2D eigenvalue weighted by atomic mass is 10.3. The van der Waals surface area contributed by atoms with Crippen LogP contribution in [-0.2, 0) is 10.7 Å². The first-order valence-corrected chi connectivity index (χ1v) is 11.4. The number of aliphatic hydroxyl groups excluding tert-OH is 1. The van der Waals surface area contributed by atoms with E-state index in [1.165, 1.54) is 11.6 Å². The first kappa shape index (κ1) is 27.0. The fourth-order valence-electron chi connectivity index (χ4n) is 3.44. The topological polar surface area (TPSA) is 109 Å². The van der Waals surface area contributed by atoms with E-state index < -0.39 is 11.7 Å². The Morgan fingerprint density at radius 2 is 1.82 bits per heavy atom. The zero-order valence-corrected chi connectivity index (χ0v) is 20.6. The minimum Gasteiger partial charge on any atom is -0.397 e. The van der Waals surface area contributed by atoms with Gasteiger partial charge in [0, 0.05) is 57.6 Å². The SMILES string of the molecule is CC.CC(=O)Nc1cc2c(cn1)c(N1CCCC1)nn2-c1cc(C)nc(C(C)(F)F)n1.CCO. The molecule has 1 amide bonds. The van der Waals surface area contributed by atoms with Crippen LogP contribution in [0.4, 0.5) is 20.4 Å². The molecule has 0 aliphatic carbocycles. The van der Waals surface area contributed by atoms with Gasteiger partial charge in [-0.3, -0.25) is 4.79 Å². The van der Waals surface area contributed by atoms with Crippen molar-refractivity contribution in [1.82, 2.24) is 24.7 Å². The van der Waals surface area contributed by atoms with Gasteiger partial charge in [0.15, 0.2) is 11.6 Å². The number of aromatic nitrogens is 5. The number of nitrogens with one attached hydrogen (secondary N) is 1. The normalized spacial score (nSPS) is 13.1. The summed E-state index contributed by atoms with van der Waals surface area (Å²) < 4.78 is 29.3. The van der Waals surface area contributed by atoms with E-state index >= 15 is 0 Å². The van der Waals surface area contributed by atoms with Crippen molar-refractivity contribution in [1.29, 1.82) is 0 Å². The average molecular weight is 478 g/mol. The highest BCUT2D eigenvalue weighted by Gasteiger charge is 2.30. The summed E-state index contributed by atoms with van der Waals surface area (Å²) in [6, 6.07) is 3.28. The van der Waals surface area contributed by atoms with Gasteiger partial charge in [-0.2, -0.15) is 8.78 Å². The Kier molecular flexibility index (Phi) is 9.36. The van der Waals surface area contributed by atoms with E-state index in [9.17, 15) is 13.6 Å². The third-order valence-electron chi connectivity index (χ3n) is 4.71. The molecule has 2 N–H and O–H groups in total. The second kappa shape index (κ2) is 11.8. The highest BCUT2D eigenvalue weighted by molar-refractivity contribution is 5.95. The van der Waals surface area contributed by atoms with Crippen molar-refractivity contribution in [2.24, 2.45) is 0 Å². The molecular weight excluding hydrogens is 444 g/mol. The van der Waals surface area contributed by atoms with E-state index in [0.717, 1.165) is 44.1 Å². The zero-order valence-electron chi connectivity index (χ0n) is 20.6. The van der Waals surface area contributed by atoms with E-state index in [-0.39, 0.29) is 18.3 Å². The summed E-state index contributed by atoms with van der Waals surface area (Å²) in [5.41, 5.74) is 1.03. The molecule has 0 saturated carbocycles. The van der Waals surface area contributed by atoms with Crippen LogP contribution in [0.2, 0.25) is 0 Å². The Morgan fingerprint density at radius 1 is 1.21 bits per heavy atom. The van der Waals surface area contributed by atoms with E-state index in [0.29, 0.717) is 17.0 Å². The van der Waals surface area contributed by atoms with Crippen molar-refractivity contribution < 1.29 is 18.7 Å². The third-order valence-corrected chi connectivity index (χ3v) is 4.71. The van der Waals surface area contributed by atoms with Crippen molar-refractivity contribution in [3.05, 3.63) is 29.8 Å². The summed E-state index contributed by atoms with van der Waals surface area (Å²) in [5.74, 6) is -2.68. The number of nitrogens with zero attached hydrogens (tertiary/aromatic N) is 6. The number of aliphatic hydroxyl groups is 1. The molecule has 0 spiro atoms. The maximum atomic E-state index is 13.9. The highest BCUT2D eigenvalue weighted by atomic mass is 19.3. The fraction of sp³-hybridized carbons (Fsp3) is 0.522. The largest absolute Gasteiger partial charge is 0.397 e. The van der Waals surface area contributed by atoms with Gasteiger partial charge < -0.3 is 15.3 Å². The molecule has 1 aliphatic heterocycles. The minimum atomic E-state index is -3.18. The van der Waals surface area contributed by atoms with Crippen molar-refractivity contribution >= 4 is 28.4 Å². The van der Waals surface area contributed by atoms with Crippen molar-refractivity contribution in [3.8, 4) is 5.82 Å². The molecule has 1 aliphatic rings. The standard InChI is InChI=1S/C19H21F2N7O.C2H6O.C2H6/c1-11-8-16(25-18(23-11)19(3,20)21)28-14-9-15(24-12(2)29)22-10-13(14)17(26-28)27-6-4-5-7-27;1-2-3;1-2/h8-10H,4-7H2,1-3H3,(H,22,24,29);3H,2H2,1H3;1-2H3. The number of aryl methyl sites for hydroxylation is 1. The molecule has 0 bridgehead atoms. The van der Waals surface area contributed by atoms with E-state index in [1.54, 1.807) is 32.2 Å². The predicted octanol–water partition coefficient (Wildman–Crippen LogP) is 4.21. The first-order chi connectivity index (χ1) is 16.1.